The summed E-state index contributed by atoms with van der Waals surface area (Å²) in [7, 11) is 0. The molecule has 4 N–H and O–H groups in total. The van der Waals surface area contributed by atoms with Crippen molar-refractivity contribution in [1.29, 1.82) is 0 Å². The molecule has 2 atom stereocenters. The molecular weight excluding hydrogens is 564 g/mol. The van der Waals surface area contributed by atoms with E-state index in [1.165, 1.54) is 30.3 Å². The fraction of sp³-hybridized carbons (Fsp3) is 0.167. The first-order valence-electron chi connectivity index (χ1n) is 10.4. The van der Waals surface area contributed by atoms with Crippen LogP contribution in [0.1, 0.15) is 27.4 Å². The zero-order chi connectivity index (χ0) is 27.3. The van der Waals surface area contributed by atoms with Gasteiger partial charge in [0, 0.05) is 17.3 Å². The van der Waals surface area contributed by atoms with E-state index in [-0.39, 0.29) is 33.2 Å². The number of hydrogen-bond donors (Lipinski definition) is 3. The lowest BCUT2D eigenvalue weighted by atomic mass is 10.0. The Balaban J connectivity index is 1.53. The van der Waals surface area contributed by atoms with E-state index in [4.69, 9.17) is 40.5 Å². The molecule has 3 aromatic carbocycles. The molecule has 1 unspecified atom stereocenters. The summed E-state index contributed by atoms with van der Waals surface area (Å²) in [5.74, 6) is -6.03. The zero-order valence-corrected chi connectivity index (χ0v) is 20.5. The van der Waals surface area contributed by atoms with Crippen LogP contribution in [0.25, 0.3) is 0 Å². The third-order valence-electron chi connectivity index (χ3n) is 5.71. The maximum atomic E-state index is 14.0. The summed E-state index contributed by atoms with van der Waals surface area (Å²) in [6.07, 6.45) is -4.95. The van der Waals surface area contributed by atoms with Gasteiger partial charge in [-0.1, -0.05) is 17.7 Å². The number of nitrogens with one attached hydrogen (secondary N) is 2. The molecule has 37 heavy (non-hydrogen) atoms. The first-order valence-corrected chi connectivity index (χ1v) is 11.5. The van der Waals surface area contributed by atoms with Crippen molar-refractivity contribution in [3.05, 3.63) is 87.9 Å². The summed E-state index contributed by atoms with van der Waals surface area (Å²) in [6, 6.07) is 9.80. The van der Waals surface area contributed by atoms with Crippen LogP contribution in [0.5, 0.6) is 0 Å². The highest BCUT2D eigenvalue weighted by molar-refractivity contribution is 6.53. The first kappa shape index (κ1) is 27.0. The van der Waals surface area contributed by atoms with Crippen LogP contribution in [0, 0.1) is 17.6 Å². The minimum absolute atomic E-state index is 0.00863. The van der Waals surface area contributed by atoms with E-state index in [9.17, 15) is 31.5 Å². The lowest BCUT2D eigenvalue weighted by Gasteiger charge is -2.11. The topological polar surface area (TPSA) is 84.2 Å². The van der Waals surface area contributed by atoms with Gasteiger partial charge in [0.1, 0.15) is 16.0 Å². The highest BCUT2D eigenvalue weighted by atomic mass is 35.5. The number of hydrogen-bond acceptors (Lipinski definition) is 3. The van der Waals surface area contributed by atoms with Crippen molar-refractivity contribution < 1.29 is 31.5 Å². The average Bonchev–Trinajstić information content (AvgIpc) is 3.38. The SMILES string of the molecule is Nc1ccc(NC(=O)c2cc(NC(=O)C3[C@H](c4ccc(F)c(C(F)(F)F)c4)C3(Cl)Cl)ccc2Cl)c(F)c1. The molecule has 1 aliphatic carbocycles. The van der Waals surface area contributed by atoms with Crippen LogP contribution < -0.4 is 16.4 Å². The second-order valence-corrected chi connectivity index (χ2v) is 10.1. The van der Waals surface area contributed by atoms with Crippen molar-refractivity contribution in [2.45, 2.75) is 16.4 Å². The van der Waals surface area contributed by atoms with Gasteiger partial charge in [0.25, 0.3) is 5.91 Å². The van der Waals surface area contributed by atoms with Gasteiger partial charge in [0.15, 0.2) is 0 Å². The van der Waals surface area contributed by atoms with Gasteiger partial charge in [-0.2, -0.15) is 13.2 Å². The van der Waals surface area contributed by atoms with Crippen LogP contribution in [0.3, 0.4) is 0 Å². The monoisotopic (exact) mass is 577 g/mol. The molecule has 13 heteroatoms. The molecule has 2 amide bonds. The Labute approximate surface area is 221 Å². The third-order valence-corrected chi connectivity index (χ3v) is 6.98. The lowest BCUT2D eigenvalue weighted by Crippen LogP contribution is -2.18. The van der Waals surface area contributed by atoms with E-state index in [1.54, 1.807) is 0 Å². The lowest BCUT2D eigenvalue weighted by molar-refractivity contribution is -0.140. The van der Waals surface area contributed by atoms with Crippen molar-refractivity contribution in [1.82, 2.24) is 0 Å². The Morgan fingerprint density at radius 2 is 1.62 bits per heavy atom. The van der Waals surface area contributed by atoms with Crippen LogP contribution >= 0.6 is 34.8 Å². The first-order chi connectivity index (χ1) is 17.2. The number of anilines is 3. The summed E-state index contributed by atoms with van der Waals surface area (Å²) in [4.78, 5) is 25.6. The second-order valence-electron chi connectivity index (χ2n) is 8.24. The van der Waals surface area contributed by atoms with Crippen LogP contribution in [0.15, 0.2) is 54.6 Å². The summed E-state index contributed by atoms with van der Waals surface area (Å²) >= 11 is 18.5. The smallest absolute Gasteiger partial charge is 0.399 e. The largest absolute Gasteiger partial charge is 0.419 e. The molecule has 0 heterocycles. The number of benzene rings is 3. The van der Waals surface area contributed by atoms with Crippen molar-refractivity contribution in [2.24, 2.45) is 5.92 Å². The second kappa shape index (κ2) is 9.66. The van der Waals surface area contributed by atoms with Crippen molar-refractivity contribution >= 4 is 63.7 Å². The Hall–Kier alpha value is -3.08. The van der Waals surface area contributed by atoms with Gasteiger partial charge in [0.2, 0.25) is 5.91 Å². The van der Waals surface area contributed by atoms with Crippen LogP contribution in [-0.2, 0) is 11.0 Å². The third kappa shape index (κ3) is 5.46. The van der Waals surface area contributed by atoms with Gasteiger partial charge < -0.3 is 16.4 Å². The Morgan fingerprint density at radius 3 is 2.27 bits per heavy atom. The molecule has 1 fully saturated rings. The fourth-order valence-corrected chi connectivity index (χ4v) is 4.87. The number of amides is 2. The zero-order valence-electron chi connectivity index (χ0n) is 18.3. The number of carbonyl (C=O) groups excluding carboxylic acids is 2. The minimum Gasteiger partial charge on any atom is -0.399 e. The average molecular weight is 579 g/mol. The molecule has 0 spiro atoms. The number of halogens is 8. The van der Waals surface area contributed by atoms with Crippen LogP contribution in [0.2, 0.25) is 5.02 Å². The van der Waals surface area contributed by atoms with E-state index in [0.29, 0.717) is 12.1 Å². The summed E-state index contributed by atoms with van der Waals surface area (Å²) < 4.78 is 65.3. The molecule has 0 aromatic heterocycles. The molecule has 0 aliphatic heterocycles. The van der Waals surface area contributed by atoms with Gasteiger partial charge in [-0.3, -0.25) is 9.59 Å². The van der Waals surface area contributed by atoms with Crippen molar-refractivity contribution in [3.63, 3.8) is 0 Å². The van der Waals surface area contributed by atoms with Crippen molar-refractivity contribution in [3.8, 4) is 0 Å². The van der Waals surface area contributed by atoms with Gasteiger partial charge in [-0.15, -0.1) is 23.2 Å². The minimum atomic E-state index is -4.95. The number of carbonyl (C=O) groups is 2. The van der Waals surface area contributed by atoms with E-state index >= 15 is 0 Å². The maximum Gasteiger partial charge on any atom is 0.419 e. The maximum absolute atomic E-state index is 14.0. The Kier molecular flexibility index (Phi) is 7.04. The highest BCUT2D eigenvalue weighted by Crippen LogP contribution is 2.65. The van der Waals surface area contributed by atoms with Gasteiger partial charge in [-0.25, -0.2) is 8.78 Å². The number of nitrogen functional groups attached to an aromatic ring is 1. The van der Waals surface area contributed by atoms with Crippen molar-refractivity contribution in [2.75, 3.05) is 16.4 Å². The Bertz CT molecular complexity index is 1410. The van der Waals surface area contributed by atoms with E-state index in [1.807, 2.05) is 0 Å². The van der Waals surface area contributed by atoms with Gasteiger partial charge in [0.05, 0.1) is 27.8 Å². The van der Waals surface area contributed by atoms with Gasteiger partial charge in [-0.05, 0) is 54.1 Å². The molecule has 1 aliphatic rings. The molecule has 194 valence electrons. The summed E-state index contributed by atoms with van der Waals surface area (Å²) in [5, 5.41) is 4.82. The number of rotatable bonds is 5. The molecule has 0 saturated heterocycles. The predicted molar refractivity (Wildman–Crippen MR) is 131 cm³/mol. The summed E-state index contributed by atoms with van der Waals surface area (Å²) in [5.41, 5.74) is 3.88. The molecule has 0 bridgehead atoms. The van der Waals surface area contributed by atoms with Crippen LogP contribution in [-0.4, -0.2) is 16.1 Å². The normalized spacial score (nSPS) is 18.3. The molecule has 0 radical (unpaired) electrons. The molecule has 5 nitrogen and oxygen atoms in total. The summed E-state index contributed by atoms with van der Waals surface area (Å²) in [6.45, 7) is 0. The number of alkyl halides is 5. The highest BCUT2D eigenvalue weighted by Gasteiger charge is 2.67. The predicted octanol–water partition coefficient (Wildman–Crippen LogP) is 7.00. The fourth-order valence-electron chi connectivity index (χ4n) is 3.84. The van der Waals surface area contributed by atoms with Gasteiger partial charge >= 0.3 is 6.18 Å². The van der Waals surface area contributed by atoms with E-state index in [2.05, 4.69) is 10.6 Å². The molecule has 3 aromatic rings. The van der Waals surface area contributed by atoms with E-state index in [0.717, 1.165) is 12.1 Å². The standard InChI is InChI=1S/C24H15Cl3F5N3O2/c25-15-4-3-12(9-13(15)21(36)35-18-6-2-11(33)8-17(18)29)34-22(37)20-19(23(20,26)27)10-1-5-16(28)14(7-10)24(30,31)32/h1-9,19-20H,33H2,(H,34,37)(H,35,36)/t19-,20?/m0/s1. The quantitative estimate of drug-likeness (QED) is 0.173. The Morgan fingerprint density at radius 1 is 0.919 bits per heavy atom. The molecule has 4 rings (SSSR count). The number of nitrogens with two attached hydrogens (primary N) is 1. The van der Waals surface area contributed by atoms with Crippen LogP contribution in [0.4, 0.5) is 39.0 Å². The molecule has 1 saturated carbocycles. The van der Waals surface area contributed by atoms with E-state index < -0.39 is 51.4 Å². The molecular formula is C24H15Cl3F5N3O2.